The van der Waals surface area contributed by atoms with Crippen LogP contribution >= 0.6 is 11.3 Å². The summed E-state index contributed by atoms with van der Waals surface area (Å²) >= 11 is 1.74. The first kappa shape index (κ1) is 12.7. The first-order valence-corrected chi connectivity index (χ1v) is 6.69. The van der Waals surface area contributed by atoms with E-state index in [1.807, 2.05) is 6.92 Å². The second-order valence-electron chi connectivity index (χ2n) is 4.13. The Balaban J connectivity index is 2.36. The summed E-state index contributed by atoms with van der Waals surface area (Å²) in [5.74, 6) is 0.783. The lowest BCUT2D eigenvalue weighted by molar-refractivity contribution is 0.353. The fourth-order valence-electron chi connectivity index (χ4n) is 1.89. The van der Waals surface area contributed by atoms with Gasteiger partial charge in [-0.05, 0) is 19.8 Å². The van der Waals surface area contributed by atoms with Crippen molar-refractivity contribution in [1.29, 1.82) is 0 Å². The summed E-state index contributed by atoms with van der Waals surface area (Å²) in [7, 11) is 0. The van der Waals surface area contributed by atoms with E-state index in [0.717, 1.165) is 18.2 Å². The van der Waals surface area contributed by atoms with Gasteiger partial charge in [-0.2, -0.15) is 0 Å². The molecule has 0 fully saturated rings. The third-order valence-corrected chi connectivity index (χ3v) is 3.96. The molecular formula is C12H22N2S. The number of aryl methyl sites for hydroxylation is 1. The van der Waals surface area contributed by atoms with Crippen LogP contribution in [0.1, 0.15) is 44.3 Å². The molecule has 2 nitrogen and oxygen atoms in total. The van der Waals surface area contributed by atoms with Crippen molar-refractivity contribution in [3.05, 3.63) is 16.1 Å². The van der Waals surface area contributed by atoms with Gasteiger partial charge in [-0.3, -0.25) is 0 Å². The third-order valence-electron chi connectivity index (χ3n) is 3.00. The Hall–Kier alpha value is -0.410. The average Bonchev–Trinajstić information content (AvgIpc) is 2.63. The van der Waals surface area contributed by atoms with Gasteiger partial charge in [0.15, 0.2) is 0 Å². The van der Waals surface area contributed by atoms with Crippen LogP contribution in [0.2, 0.25) is 0 Å². The van der Waals surface area contributed by atoms with Crippen molar-refractivity contribution in [1.82, 2.24) is 10.3 Å². The number of hydrogen-bond donors (Lipinski definition) is 1. The molecule has 0 aliphatic rings. The number of nitrogens with zero attached hydrogens (tertiary/aromatic N) is 1. The highest BCUT2D eigenvalue weighted by molar-refractivity contribution is 7.09. The number of thiazole rings is 1. The first-order chi connectivity index (χ1) is 7.17. The zero-order valence-electron chi connectivity index (χ0n) is 10.2. The van der Waals surface area contributed by atoms with Crippen LogP contribution in [0.25, 0.3) is 0 Å². The first-order valence-electron chi connectivity index (χ1n) is 5.81. The summed E-state index contributed by atoms with van der Waals surface area (Å²) in [6.07, 6.45) is 2.50. The summed E-state index contributed by atoms with van der Waals surface area (Å²) in [5.41, 5.74) is 1.13. The molecule has 1 aromatic rings. The minimum absolute atomic E-state index is 0.587. The molecule has 0 bridgehead atoms. The number of hydrogen-bond acceptors (Lipinski definition) is 3. The SMILES string of the molecule is CCC(CC)C(C)NCc1nc(C)cs1. The van der Waals surface area contributed by atoms with Crippen molar-refractivity contribution in [2.45, 2.75) is 53.1 Å². The molecule has 0 radical (unpaired) electrons. The molecule has 0 aliphatic heterocycles. The molecule has 1 heterocycles. The van der Waals surface area contributed by atoms with Crippen molar-refractivity contribution in [2.75, 3.05) is 0 Å². The summed E-state index contributed by atoms with van der Waals surface area (Å²) < 4.78 is 0. The van der Waals surface area contributed by atoms with Crippen molar-refractivity contribution in [2.24, 2.45) is 5.92 Å². The molecule has 0 spiro atoms. The molecule has 0 amide bonds. The maximum atomic E-state index is 4.45. The predicted octanol–water partition coefficient (Wildman–Crippen LogP) is 3.37. The Morgan fingerprint density at radius 3 is 2.53 bits per heavy atom. The lowest BCUT2D eigenvalue weighted by atomic mass is 9.96. The zero-order valence-corrected chi connectivity index (χ0v) is 11.0. The van der Waals surface area contributed by atoms with Gasteiger partial charge in [-0.1, -0.05) is 26.7 Å². The Labute approximate surface area is 97.1 Å². The largest absolute Gasteiger partial charge is 0.308 e. The minimum atomic E-state index is 0.587. The molecule has 1 atom stereocenters. The summed E-state index contributed by atoms with van der Waals surface area (Å²) in [6.45, 7) is 9.76. The molecule has 1 unspecified atom stereocenters. The molecule has 0 saturated heterocycles. The van der Waals surface area contributed by atoms with Crippen molar-refractivity contribution in [3.8, 4) is 0 Å². The Morgan fingerprint density at radius 1 is 1.40 bits per heavy atom. The third kappa shape index (κ3) is 3.92. The highest BCUT2D eigenvalue weighted by Crippen LogP contribution is 2.14. The van der Waals surface area contributed by atoms with Gasteiger partial charge in [0, 0.05) is 23.7 Å². The summed E-state index contributed by atoms with van der Waals surface area (Å²) in [4.78, 5) is 4.45. The van der Waals surface area contributed by atoms with E-state index in [2.05, 4.69) is 36.5 Å². The molecule has 1 N–H and O–H groups in total. The molecule has 15 heavy (non-hydrogen) atoms. The van der Waals surface area contributed by atoms with E-state index in [1.165, 1.54) is 17.8 Å². The molecular weight excluding hydrogens is 204 g/mol. The summed E-state index contributed by atoms with van der Waals surface area (Å²) in [5, 5.41) is 6.87. The Morgan fingerprint density at radius 2 is 2.07 bits per heavy atom. The van der Waals surface area contributed by atoms with Crippen LogP contribution in [0.5, 0.6) is 0 Å². The van der Waals surface area contributed by atoms with Gasteiger partial charge in [0.1, 0.15) is 5.01 Å². The van der Waals surface area contributed by atoms with E-state index in [9.17, 15) is 0 Å². The monoisotopic (exact) mass is 226 g/mol. The van der Waals surface area contributed by atoms with Crippen LogP contribution in [0, 0.1) is 12.8 Å². The highest BCUT2D eigenvalue weighted by Gasteiger charge is 2.12. The maximum absolute atomic E-state index is 4.45. The number of nitrogens with one attached hydrogen (secondary N) is 1. The van der Waals surface area contributed by atoms with Gasteiger partial charge in [0.05, 0.1) is 0 Å². The lowest BCUT2D eigenvalue weighted by Crippen LogP contribution is -2.32. The molecule has 0 saturated carbocycles. The number of rotatable bonds is 6. The van der Waals surface area contributed by atoms with Crippen LogP contribution in [0.15, 0.2) is 5.38 Å². The summed E-state index contributed by atoms with van der Waals surface area (Å²) in [6, 6.07) is 0.587. The van der Waals surface area contributed by atoms with Gasteiger partial charge in [0.25, 0.3) is 0 Å². The average molecular weight is 226 g/mol. The minimum Gasteiger partial charge on any atom is -0.308 e. The van der Waals surface area contributed by atoms with E-state index in [0.29, 0.717) is 6.04 Å². The molecule has 1 rings (SSSR count). The lowest BCUT2D eigenvalue weighted by Gasteiger charge is -2.21. The van der Waals surface area contributed by atoms with Crippen LogP contribution in [0.3, 0.4) is 0 Å². The van der Waals surface area contributed by atoms with Crippen LogP contribution in [-0.2, 0) is 6.54 Å². The Bertz CT molecular complexity index is 279. The fraction of sp³-hybridized carbons (Fsp3) is 0.750. The van der Waals surface area contributed by atoms with Crippen LogP contribution in [-0.4, -0.2) is 11.0 Å². The Kier molecular flexibility index (Phi) is 5.26. The normalized spacial score (nSPS) is 13.4. The second-order valence-corrected chi connectivity index (χ2v) is 5.07. The van der Waals surface area contributed by atoms with E-state index >= 15 is 0 Å². The van der Waals surface area contributed by atoms with E-state index in [-0.39, 0.29) is 0 Å². The molecule has 86 valence electrons. The van der Waals surface area contributed by atoms with Crippen molar-refractivity contribution >= 4 is 11.3 Å². The smallest absolute Gasteiger partial charge is 0.107 e. The zero-order chi connectivity index (χ0) is 11.3. The van der Waals surface area contributed by atoms with E-state index < -0.39 is 0 Å². The predicted molar refractivity (Wildman–Crippen MR) is 67.2 cm³/mol. The fourth-order valence-corrected chi connectivity index (χ4v) is 2.62. The molecule has 3 heteroatoms. The topological polar surface area (TPSA) is 24.9 Å². The highest BCUT2D eigenvalue weighted by atomic mass is 32.1. The van der Waals surface area contributed by atoms with Crippen molar-refractivity contribution in [3.63, 3.8) is 0 Å². The van der Waals surface area contributed by atoms with Gasteiger partial charge in [-0.25, -0.2) is 4.98 Å². The van der Waals surface area contributed by atoms with Crippen LogP contribution < -0.4 is 5.32 Å². The van der Waals surface area contributed by atoms with Crippen LogP contribution in [0.4, 0.5) is 0 Å². The van der Waals surface area contributed by atoms with E-state index in [1.54, 1.807) is 11.3 Å². The second kappa shape index (κ2) is 6.23. The maximum Gasteiger partial charge on any atom is 0.107 e. The van der Waals surface area contributed by atoms with Crippen molar-refractivity contribution < 1.29 is 0 Å². The van der Waals surface area contributed by atoms with Gasteiger partial charge in [0.2, 0.25) is 0 Å². The molecule has 0 aromatic carbocycles. The quantitative estimate of drug-likeness (QED) is 0.804. The molecule has 0 aliphatic carbocycles. The van der Waals surface area contributed by atoms with E-state index in [4.69, 9.17) is 0 Å². The number of aromatic nitrogens is 1. The van der Waals surface area contributed by atoms with Gasteiger partial charge >= 0.3 is 0 Å². The van der Waals surface area contributed by atoms with Gasteiger partial charge in [-0.15, -0.1) is 11.3 Å². The molecule has 1 aromatic heterocycles. The van der Waals surface area contributed by atoms with Gasteiger partial charge < -0.3 is 5.32 Å². The standard InChI is InChI=1S/C12H22N2S/c1-5-11(6-2)10(4)13-7-12-14-9(3)8-15-12/h8,10-11,13H,5-7H2,1-4H3.